The number of sulfonamides is 1. The second kappa shape index (κ2) is 14.2. The molecular weight excluding hydrogens is 570 g/mol. The van der Waals surface area contributed by atoms with Gasteiger partial charge in [-0.1, -0.05) is 93.9 Å². The number of hydrogen-bond acceptors (Lipinski definition) is 4. The van der Waals surface area contributed by atoms with E-state index in [1.807, 2.05) is 56.3 Å². The van der Waals surface area contributed by atoms with E-state index in [1.165, 1.54) is 4.90 Å². The maximum Gasteiger partial charge on any atom is 0.244 e. The lowest BCUT2D eigenvalue weighted by Gasteiger charge is -2.34. The van der Waals surface area contributed by atoms with Crippen LogP contribution in [0.25, 0.3) is 0 Å². The summed E-state index contributed by atoms with van der Waals surface area (Å²) in [6.45, 7) is 9.76. The van der Waals surface area contributed by atoms with Crippen LogP contribution in [0, 0.1) is 0 Å². The van der Waals surface area contributed by atoms with E-state index in [0.29, 0.717) is 10.7 Å². The third-order valence-electron chi connectivity index (χ3n) is 7.24. The topological polar surface area (TPSA) is 86.8 Å². The quantitative estimate of drug-likeness (QED) is 0.274. The average Bonchev–Trinajstić information content (AvgIpc) is 2.94. The third-order valence-corrected chi connectivity index (χ3v) is 8.63. The highest BCUT2D eigenvalue weighted by molar-refractivity contribution is 7.92. The monoisotopic (exact) mass is 611 g/mol. The van der Waals surface area contributed by atoms with Crippen LogP contribution in [0.1, 0.15) is 57.7 Å². The molecule has 7 nitrogen and oxygen atoms in total. The summed E-state index contributed by atoms with van der Waals surface area (Å²) in [6, 6.07) is 22.7. The highest BCUT2D eigenvalue weighted by atomic mass is 35.5. The van der Waals surface area contributed by atoms with Gasteiger partial charge in [-0.2, -0.15) is 0 Å². The molecule has 9 heteroatoms. The van der Waals surface area contributed by atoms with Gasteiger partial charge < -0.3 is 10.2 Å². The second-order valence-electron chi connectivity index (χ2n) is 11.7. The predicted molar refractivity (Wildman–Crippen MR) is 171 cm³/mol. The fourth-order valence-electron chi connectivity index (χ4n) is 4.52. The van der Waals surface area contributed by atoms with E-state index in [-0.39, 0.29) is 30.3 Å². The fourth-order valence-corrected chi connectivity index (χ4v) is 5.50. The van der Waals surface area contributed by atoms with E-state index in [0.717, 1.165) is 33.7 Å². The summed E-state index contributed by atoms with van der Waals surface area (Å²) in [7, 11) is -3.83. The van der Waals surface area contributed by atoms with Gasteiger partial charge in [0.1, 0.15) is 12.6 Å². The van der Waals surface area contributed by atoms with Crippen LogP contribution in [0.15, 0.2) is 78.9 Å². The number of amides is 2. The summed E-state index contributed by atoms with van der Waals surface area (Å²) in [5.74, 6) is -0.786. The maximum atomic E-state index is 14.2. The van der Waals surface area contributed by atoms with Gasteiger partial charge in [-0.25, -0.2) is 8.42 Å². The fraction of sp³-hybridized carbons (Fsp3) is 0.394. The molecule has 0 aromatic heterocycles. The van der Waals surface area contributed by atoms with Crippen LogP contribution < -0.4 is 9.62 Å². The van der Waals surface area contributed by atoms with Crippen LogP contribution in [0.3, 0.4) is 0 Å². The molecule has 3 aromatic carbocycles. The molecule has 42 heavy (non-hydrogen) atoms. The standard InChI is InChI=1S/C33H42ClN3O4S/c1-7-24(2)35-32(39)30(21-25-11-9-8-10-12-25)36(22-26-13-17-28(34)18-14-26)31(38)23-37(42(6,40)41)29-19-15-27(16-20-29)33(3,4)5/h8-20,24,30H,7,21-23H2,1-6H3,(H,35,39)/t24-,30-/m0/s1. The Balaban J connectivity index is 2.05. The Bertz CT molecular complexity index is 1440. The first-order chi connectivity index (χ1) is 19.7. The number of carbonyl (C=O) groups is 2. The van der Waals surface area contributed by atoms with E-state index in [4.69, 9.17) is 11.6 Å². The molecule has 0 aliphatic carbocycles. The predicted octanol–water partition coefficient (Wildman–Crippen LogP) is 5.96. The summed E-state index contributed by atoms with van der Waals surface area (Å²) in [5, 5.41) is 3.58. The van der Waals surface area contributed by atoms with Crippen molar-refractivity contribution >= 4 is 39.1 Å². The Morgan fingerprint density at radius 2 is 1.50 bits per heavy atom. The molecule has 0 radical (unpaired) electrons. The second-order valence-corrected chi connectivity index (χ2v) is 14.1. The Morgan fingerprint density at radius 1 is 0.905 bits per heavy atom. The smallest absolute Gasteiger partial charge is 0.244 e. The van der Waals surface area contributed by atoms with E-state index < -0.39 is 28.5 Å². The van der Waals surface area contributed by atoms with Crippen molar-refractivity contribution in [1.82, 2.24) is 10.2 Å². The zero-order valence-electron chi connectivity index (χ0n) is 25.3. The van der Waals surface area contributed by atoms with Crippen molar-refractivity contribution in [3.63, 3.8) is 0 Å². The molecular formula is C33H42ClN3O4S. The zero-order chi connectivity index (χ0) is 31.1. The Hall–Kier alpha value is -3.36. The number of halogens is 1. The van der Waals surface area contributed by atoms with Crippen molar-refractivity contribution in [3.05, 3.63) is 101 Å². The summed E-state index contributed by atoms with van der Waals surface area (Å²) < 4.78 is 27.1. The third kappa shape index (κ3) is 9.33. The van der Waals surface area contributed by atoms with E-state index in [9.17, 15) is 18.0 Å². The number of anilines is 1. The van der Waals surface area contributed by atoms with E-state index in [1.54, 1.807) is 36.4 Å². The number of rotatable bonds is 12. The molecule has 0 aliphatic rings. The van der Waals surface area contributed by atoms with Crippen LogP contribution in [0.2, 0.25) is 5.02 Å². The normalized spacial score (nSPS) is 13.2. The summed E-state index contributed by atoms with van der Waals surface area (Å²) in [6.07, 6.45) is 2.07. The maximum absolute atomic E-state index is 14.2. The lowest BCUT2D eigenvalue weighted by molar-refractivity contribution is -0.140. The summed E-state index contributed by atoms with van der Waals surface area (Å²) >= 11 is 6.11. The highest BCUT2D eigenvalue weighted by Gasteiger charge is 2.33. The minimum atomic E-state index is -3.83. The largest absolute Gasteiger partial charge is 0.352 e. The van der Waals surface area contributed by atoms with Crippen LogP contribution in [-0.4, -0.2) is 50.0 Å². The molecule has 0 saturated carbocycles. The lowest BCUT2D eigenvalue weighted by Crippen LogP contribution is -2.54. The molecule has 2 atom stereocenters. The number of benzene rings is 3. The molecule has 1 N–H and O–H groups in total. The number of carbonyl (C=O) groups excluding carboxylic acids is 2. The zero-order valence-corrected chi connectivity index (χ0v) is 26.9. The van der Waals surface area contributed by atoms with Crippen molar-refractivity contribution < 1.29 is 18.0 Å². The van der Waals surface area contributed by atoms with Crippen LogP contribution in [0.5, 0.6) is 0 Å². The number of nitrogens with one attached hydrogen (secondary N) is 1. The van der Waals surface area contributed by atoms with E-state index >= 15 is 0 Å². The van der Waals surface area contributed by atoms with Crippen molar-refractivity contribution in [1.29, 1.82) is 0 Å². The van der Waals surface area contributed by atoms with Gasteiger partial charge in [0.15, 0.2) is 0 Å². The SMILES string of the molecule is CC[C@H](C)NC(=O)[C@H](Cc1ccccc1)N(Cc1ccc(Cl)cc1)C(=O)CN(c1ccc(C(C)(C)C)cc1)S(C)(=O)=O. The first-order valence-electron chi connectivity index (χ1n) is 14.2. The van der Waals surface area contributed by atoms with Gasteiger partial charge >= 0.3 is 0 Å². The Kier molecular flexibility index (Phi) is 11.2. The van der Waals surface area contributed by atoms with Crippen LogP contribution in [-0.2, 0) is 38.0 Å². The average molecular weight is 612 g/mol. The molecule has 0 spiro atoms. The molecule has 0 aliphatic heterocycles. The van der Waals surface area contributed by atoms with Gasteiger partial charge in [-0.15, -0.1) is 0 Å². The van der Waals surface area contributed by atoms with E-state index in [2.05, 4.69) is 26.1 Å². The molecule has 0 heterocycles. The molecule has 3 rings (SSSR count). The molecule has 0 fully saturated rings. The van der Waals surface area contributed by atoms with Crippen molar-refractivity contribution in [2.24, 2.45) is 0 Å². The van der Waals surface area contributed by atoms with Gasteiger partial charge in [0, 0.05) is 24.0 Å². The van der Waals surface area contributed by atoms with Gasteiger partial charge in [-0.3, -0.25) is 13.9 Å². The lowest BCUT2D eigenvalue weighted by atomic mass is 9.87. The highest BCUT2D eigenvalue weighted by Crippen LogP contribution is 2.26. The summed E-state index contributed by atoms with van der Waals surface area (Å²) in [5.41, 5.74) is 2.96. The Morgan fingerprint density at radius 3 is 2.02 bits per heavy atom. The van der Waals surface area contributed by atoms with Gasteiger partial charge in [0.25, 0.3) is 0 Å². The first-order valence-corrected chi connectivity index (χ1v) is 16.4. The number of hydrogen-bond donors (Lipinski definition) is 1. The molecule has 2 amide bonds. The summed E-state index contributed by atoms with van der Waals surface area (Å²) in [4.78, 5) is 29.4. The van der Waals surface area contributed by atoms with Gasteiger partial charge in [0.2, 0.25) is 21.8 Å². The van der Waals surface area contributed by atoms with Gasteiger partial charge in [0.05, 0.1) is 11.9 Å². The minimum absolute atomic E-state index is 0.0992. The van der Waals surface area contributed by atoms with Crippen molar-refractivity contribution in [2.45, 2.75) is 71.5 Å². The van der Waals surface area contributed by atoms with Crippen molar-refractivity contribution in [2.75, 3.05) is 17.1 Å². The first kappa shape index (κ1) is 33.1. The van der Waals surface area contributed by atoms with Crippen molar-refractivity contribution in [3.8, 4) is 0 Å². The molecule has 0 bridgehead atoms. The molecule has 226 valence electrons. The molecule has 0 unspecified atom stereocenters. The minimum Gasteiger partial charge on any atom is -0.352 e. The van der Waals surface area contributed by atoms with Gasteiger partial charge in [-0.05, 0) is 59.7 Å². The molecule has 3 aromatic rings. The number of nitrogens with zero attached hydrogens (tertiary/aromatic N) is 2. The molecule has 0 saturated heterocycles. The Labute approximate surface area is 255 Å². The van der Waals surface area contributed by atoms with Crippen LogP contribution >= 0.6 is 11.6 Å². The van der Waals surface area contributed by atoms with Crippen LogP contribution in [0.4, 0.5) is 5.69 Å².